The van der Waals surface area contributed by atoms with Crippen LogP contribution in [0, 0.1) is 0 Å². The van der Waals surface area contributed by atoms with Gasteiger partial charge in [-0.3, -0.25) is 4.79 Å². The Balaban J connectivity index is 2.04. The lowest BCUT2D eigenvalue weighted by Gasteiger charge is -2.22. The maximum atomic E-state index is 11.9. The van der Waals surface area contributed by atoms with Crippen LogP contribution < -0.4 is 4.74 Å². The summed E-state index contributed by atoms with van der Waals surface area (Å²) < 4.78 is 11.0. The van der Waals surface area contributed by atoms with Crippen LogP contribution in [0.2, 0.25) is 0 Å². The van der Waals surface area contributed by atoms with Crippen molar-refractivity contribution < 1.29 is 14.3 Å². The van der Waals surface area contributed by atoms with Gasteiger partial charge in [0.15, 0.2) is 0 Å². The summed E-state index contributed by atoms with van der Waals surface area (Å²) >= 11 is 1.90. The molecular weight excluding hydrogens is 346 g/mol. The summed E-state index contributed by atoms with van der Waals surface area (Å²) in [6.07, 6.45) is 0.260. The third-order valence-corrected chi connectivity index (χ3v) is 5.77. The second-order valence-corrected chi connectivity index (χ2v) is 7.84. The van der Waals surface area contributed by atoms with Crippen LogP contribution in [0.5, 0.6) is 5.75 Å². The first-order chi connectivity index (χ1) is 12.6. The highest BCUT2D eigenvalue weighted by Crippen LogP contribution is 2.45. The molecule has 0 aromatic heterocycles. The van der Waals surface area contributed by atoms with Crippen molar-refractivity contribution in [3.8, 4) is 5.75 Å². The van der Waals surface area contributed by atoms with Crippen molar-refractivity contribution in [2.75, 3.05) is 33.5 Å². The van der Waals surface area contributed by atoms with Gasteiger partial charge in [-0.05, 0) is 36.9 Å². The number of methoxy groups -OCH3 is 1. The molecule has 5 heteroatoms. The lowest BCUT2D eigenvalue weighted by molar-refractivity contribution is -0.139. The fourth-order valence-electron chi connectivity index (χ4n) is 3.15. The zero-order chi connectivity index (χ0) is 18.5. The predicted molar refractivity (Wildman–Crippen MR) is 106 cm³/mol. The van der Waals surface area contributed by atoms with Gasteiger partial charge in [0.05, 0.1) is 18.8 Å². The van der Waals surface area contributed by atoms with Gasteiger partial charge in [0.25, 0.3) is 0 Å². The minimum atomic E-state index is -0.229. The number of rotatable bonds is 6. The van der Waals surface area contributed by atoms with Gasteiger partial charge in [-0.1, -0.05) is 36.4 Å². The molecule has 1 heterocycles. The molecule has 0 radical (unpaired) electrons. The van der Waals surface area contributed by atoms with Gasteiger partial charge in [0, 0.05) is 17.9 Å². The first kappa shape index (κ1) is 18.8. The summed E-state index contributed by atoms with van der Waals surface area (Å²) in [6.45, 7) is 1.55. The molecule has 0 saturated carbocycles. The van der Waals surface area contributed by atoms with E-state index in [4.69, 9.17) is 9.47 Å². The number of thioether (sulfide) groups is 1. The molecule has 1 aliphatic rings. The van der Waals surface area contributed by atoms with Crippen LogP contribution in [-0.4, -0.2) is 44.4 Å². The van der Waals surface area contributed by atoms with E-state index < -0.39 is 0 Å². The smallest absolute Gasteiger partial charge is 0.309 e. The van der Waals surface area contributed by atoms with E-state index in [1.165, 1.54) is 18.2 Å². The lowest BCUT2D eigenvalue weighted by Crippen LogP contribution is -2.16. The van der Waals surface area contributed by atoms with E-state index in [9.17, 15) is 4.79 Å². The Labute approximate surface area is 159 Å². The van der Waals surface area contributed by atoms with Crippen molar-refractivity contribution in [2.45, 2.75) is 18.3 Å². The van der Waals surface area contributed by atoms with E-state index in [-0.39, 0.29) is 17.6 Å². The van der Waals surface area contributed by atoms with Crippen molar-refractivity contribution in [3.05, 3.63) is 64.7 Å². The normalized spacial score (nSPS) is 15.6. The van der Waals surface area contributed by atoms with Crippen LogP contribution in [-0.2, 0) is 22.6 Å². The molecule has 1 atom stereocenters. The Morgan fingerprint density at radius 1 is 1.23 bits per heavy atom. The maximum Gasteiger partial charge on any atom is 0.309 e. The molecule has 2 aromatic carbocycles. The van der Waals surface area contributed by atoms with Crippen LogP contribution in [0.15, 0.2) is 42.5 Å². The summed E-state index contributed by atoms with van der Waals surface area (Å²) in [4.78, 5) is 14.1. The largest absolute Gasteiger partial charge is 0.489 e. The predicted octanol–water partition coefficient (Wildman–Crippen LogP) is 3.68. The van der Waals surface area contributed by atoms with Gasteiger partial charge in [0.2, 0.25) is 0 Å². The van der Waals surface area contributed by atoms with E-state index in [1.807, 2.05) is 30.0 Å². The first-order valence-corrected chi connectivity index (χ1v) is 9.80. The number of hydrogen-bond acceptors (Lipinski definition) is 5. The molecule has 3 rings (SSSR count). The number of carbonyl (C=O) groups is 1. The maximum absolute atomic E-state index is 11.9. The Bertz CT molecular complexity index is 776. The summed E-state index contributed by atoms with van der Waals surface area (Å²) in [7, 11) is 5.60. The van der Waals surface area contributed by atoms with Crippen molar-refractivity contribution in [1.82, 2.24) is 4.90 Å². The number of benzene rings is 2. The number of ether oxygens (including phenoxy) is 2. The molecule has 2 aromatic rings. The molecular formula is C21H25NO3S. The fraction of sp³-hybridized carbons (Fsp3) is 0.381. The SMILES string of the molecule is COC(=O)Cc1cccc2c1C(SCCN(C)C)c1ccccc1CO2. The average molecular weight is 372 g/mol. The van der Waals surface area contributed by atoms with Gasteiger partial charge in [-0.2, -0.15) is 0 Å². The fourth-order valence-corrected chi connectivity index (χ4v) is 4.70. The summed E-state index contributed by atoms with van der Waals surface area (Å²) in [5.41, 5.74) is 4.56. The molecule has 1 unspecified atom stereocenters. The first-order valence-electron chi connectivity index (χ1n) is 8.75. The second kappa shape index (κ2) is 8.60. The summed E-state index contributed by atoms with van der Waals surface area (Å²) in [5.74, 6) is 1.63. The third-order valence-electron chi connectivity index (χ3n) is 4.52. The van der Waals surface area contributed by atoms with Crippen molar-refractivity contribution in [2.24, 2.45) is 0 Å². The second-order valence-electron chi connectivity index (χ2n) is 6.62. The monoisotopic (exact) mass is 371 g/mol. The van der Waals surface area contributed by atoms with E-state index in [2.05, 4.69) is 43.3 Å². The lowest BCUT2D eigenvalue weighted by atomic mass is 9.95. The molecule has 0 fully saturated rings. The standard InChI is InChI=1S/C21H25NO3S/c1-22(2)11-12-26-21-17-9-5-4-7-16(17)14-25-18-10-6-8-15(20(18)21)13-19(23)24-3/h4-10,21H,11-14H2,1-3H3. The highest BCUT2D eigenvalue weighted by molar-refractivity contribution is 7.99. The van der Waals surface area contributed by atoms with Crippen LogP contribution >= 0.6 is 11.8 Å². The van der Waals surface area contributed by atoms with Crippen LogP contribution in [0.3, 0.4) is 0 Å². The van der Waals surface area contributed by atoms with Gasteiger partial charge >= 0.3 is 5.97 Å². The molecule has 26 heavy (non-hydrogen) atoms. The minimum Gasteiger partial charge on any atom is -0.489 e. The molecule has 4 nitrogen and oxygen atoms in total. The van der Waals surface area contributed by atoms with Gasteiger partial charge < -0.3 is 14.4 Å². The number of esters is 1. The van der Waals surface area contributed by atoms with Gasteiger partial charge in [0.1, 0.15) is 12.4 Å². The third kappa shape index (κ3) is 4.22. The quantitative estimate of drug-likeness (QED) is 0.725. The van der Waals surface area contributed by atoms with Crippen LogP contribution in [0.25, 0.3) is 0 Å². The molecule has 1 aliphatic heterocycles. The zero-order valence-electron chi connectivity index (χ0n) is 15.5. The van der Waals surface area contributed by atoms with E-state index >= 15 is 0 Å². The molecule has 0 N–H and O–H groups in total. The Morgan fingerprint density at radius 3 is 2.81 bits per heavy atom. The zero-order valence-corrected chi connectivity index (χ0v) is 16.3. The van der Waals surface area contributed by atoms with E-state index in [0.29, 0.717) is 6.61 Å². The molecule has 0 aliphatic carbocycles. The Morgan fingerprint density at radius 2 is 2.04 bits per heavy atom. The topological polar surface area (TPSA) is 38.8 Å². The molecule has 0 amide bonds. The van der Waals surface area contributed by atoms with Gasteiger partial charge in [-0.25, -0.2) is 0 Å². The van der Waals surface area contributed by atoms with Gasteiger partial charge in [-0.15, -0.1) is 11.8 Å². The highest BCUT2D eigenvalue weighted by atomic mass is 32.2. The van der Waals surface area contributed by atoms with Crippen molar-refractivity contribution in [1.29, 1.82) is 0 Å². The van der Waals surface area contributed by atoms with E-state index in [1.54, 1.807) is 0 Å². The van der Waals surface area contributed by atoms with Crippen molar-refractivity contribution in [3.63, 3.8) is 0 Å². The van der Waals surface area contributed by atoms with Crippen LogP contribution in [0.1, 0.15) is 27.5 Å². The Hall–Kier alpha value is -1.98. The molecule has 0 bridgehead atoms. The minimum absolute atomic E-state index is 0.143. The molecule has 0 spiro atoms. The number of hydrogen-bond donors (Lipinski definition) is 0. The van der Waals surface area contributed by atoms with Crippen LogP contribution in [0.4, 0.5) is 0 Å². The number of fused-ring (bicyclic) bond motifs is 2. The number of nitrogens with zero attached hydrogens (tertiary/aromatic N) is 1. The Kier molecular flexibility index (Phi) is 6.22. The highest BCUT2D eigenvalue weighted by Gasteiger charge is 2.28. The molecule has 0 saturated heterocycles. The number of carbonyl (C=O) groups excluding carboxylic acids is 1. The molecule has 138 valence electrons. The average Bonchev–Trinajstić information content (AvgIpc) is 2.79. The summed E-state index contributed by atoms with van der Waals surface area (Å²) in [5, 5.41) is 0.143. The van der Waals surface area contributed by atoms with Crippen molar-refractivity contribution >= 4 is 17.7 Å². The van der Waals surface area contributed by atoms with E-state index in [0.717, 1.165) is 29.2 Å². The summed E-state index contributed by atoms with van der Waals surface area (Å²) in [6, 6.07) is 14.4.